The third-order valence-electron chi connectivity index (χ3n) is 13.7. The summed E-state index contributed by atoms with van der Waals surface area (Å²) >= 11 is 0. The Morgan fingerprint density at radius 3 is 2.06 bits per heavy atom. The molecule has 6 N–H and O–H groups in total. The molecule has 0 aromatic heterocycles. The zero-order valence-electron chi connectivity index (χ0n) is 31.7. The van der Waals surface area contributed by atoms with E-state index in [1.54, 1.807) is 4.90 Å². The number of rotatable bonds is 13. The van der Waals surface area contributed by atoms with Gasteiger partial charge in [-0.25, -0.2) is 4.79 Å². The Hall–Kier alpha value is -3.26. The zero-order chi connectivity index (χ0) is 37.6. The van der Waals surface area contributed by atoms with Crippen LogP contribution in [0.2, 0.25) is 0 Å². The first-order chi connectivity index (χ1) is 23.8. The maximum Gasteiger partial charge on any atom is 0.315 e. The van der Waals surface area contributed by atoms with Gasteiger partial charge in [0.2, 0.25) is 23.5 Å². The average molecular weight is 716 g/mol. The van der Waals surface area contributed by atoms with Gasteiger partial charge in [-0.2, -0.15) is 0 Å². The zero-order valence-corrected chi connectivity index (χ0v) is 31.7. The van der Waals surface area contributed by atoms with Crippen molar-refractivity contribution in [2.24, 2.45) is 33.3 Å². The molecular weight excluding hydrogens is 654 g/mol. The molecule has 14 nitrogen and oxygen atoms in total. The normalized spacial score (nSPS) is 26.7. The number of amides is 6. The maximum absolute atomic E-state index is 14.0. The number of nitrogens with two attached hydrogens (primary N) is 1. The highest BCUT2D eigenvalue weighted by atomic mass is 16.5. The van der Waals surface area contributed by atoms with E-state index in [1.165, 1.54) is 0 Å². The van der Waals surface area contributed by atoms with Crippen LogP contribution in [0.4, 0.5) is 4.79 Å². The standard InChI is InChI=1S/C37H61N7O7/c1-33(2,3)26(20-39-31(49)34(4,5)43-14-16-51-17-15-43)42-32(50)40-21-27(45)44-22-37(35(6,7)36(37)12-9-13-36)19-25(44)30(48)41-24(28(46)29(38)47)18-23-10-8-11-23/h23-26H,8-22H2,1-7H3,(H2,38,47)(H,39,49)(H,41,48)(H2,40,42,50)/t24?,25-,26+,37+/m0/s1. The molecule has 5 aliphatic rings. The second-order valence-corrected chi connectivity index (χ2v) is 17.8. The van der Waals surface area contributed by atoms with Crippen LogP contribution in [-0.4, -0.2) is 115 Å². The first-order valence-corrected chi connectivity index (χ1v) is 18.9. The Labute approximate surface area is 302 Å². The predicted molar refractivity (Wildman–Crippen MR) is 190 cm³/mol. The van der Waals surface area contributed by atoms with Gasteiger partial charge in [-0.1, -0.05) is 60.3 Å². The summed E-state index contributed by atoms with van der Waals surface area (Å²) in [7, 11) is 0. The number of carbonyl (C=O) groups excluding carboxylic acids is 6. The van der Waals surface area contributed by atoms with Crippen molar-refractivity contribution in [3.8, 4) is 0 Å². The number of fused-ring (bicyclic) bond motifs is 1. The van der Waals surface area contributed by atoms with Crippen LogP contribution in [0.15, 0.2) is 0 Å². The van der Waals surface area contributed by atoms with Gasteiger partial charge >= 0.3 is 6.03 Å². The molecule has 5 rings (SSSR count). The number of carbonyl (C=O) groups is 6. The van der Waals surface area contributed by atoms with E-state index in [1.807, 2.05) is 34.6 Å². The van der Waals surface area contributed by atoms with Crippen molar-refractivity contribution in [1.82, 2.24) is 31.1 Å². The molecule has 0 aromatic rings. The Bertz CT molecular complexity index is 1390. The molecule has 0 radical (unpaired) electrons. The third-order valence-corrected chi connectivity index (χ3v) is 13.7. The molecule has 6 amide bonds. The number of primary amides is 1. The van der Waals surface area contributed by atoms with E-state index in [0.717, 1.165) is 38.5 Å². The molecule has 0 aromatic carbocycles. The summed E-state index contributed by atoms with van der Waals surface area (Å²) in [5, 5.41) is 11.5. The summed E-state index contributed by atoms with van der Waals surface area (Å²) in [6.45, 7) is 16.8. The van der Waals surface area contributed by atoms with Gasteiger partial charge in [0, 0.05) is 31.6 Å². The number of urea groups is 1. The summed E-state index contributed by atoms with van der Waals surface area (Å²) in [5.41, 5.74) is 3.91. The van der Waals surface area contributed by atoms with E-state index >= 15 is 0 Å². The van der Waals surface area contributed by atoms with Crippen molar-refractivity contribution in [2.45, 2.75) is 123 Å². The molecule has 51 heavy (non-hydrogen) atoms. The van der Waals surface area contributed by atoms with E-state index in [0.29, 0.717) is 45.7 Å². The van der Waals surface area contributed by atoms with Gasteiger partial charge in [0.1, 0.15) is 6.04 Å². The lowest BCUT2D eigenvalue weighted by Gasteiger charge is -2.40. The summed E-state index contributed by atoms with van der Waals surface area (Å²) in [5.74, 6) is -2.70. The van der Waals surface area contributed by atoms with Gasteiger partial charge in [-0.15, -0.1) is 0 Å². The van der Waals surface area contributed by atoms with E-state index in [-0.39, 0.29) is 41.2 Å². The minimum absolute atomic E-state index is 0.0491. The average Bonchev–Trinajstić information content (AvgIpc) is 3.24. The highest BCUT2D eigenvalue weighted by Crippen LogP contribution is 2.88. The Balaban J connectivity index is 1.23. The van der Waals surface area contributed by atoms with Crippen LogP contribution in [-0.2, 0) is 28.7 Å². The van der Waals surface area contributed by atoms with Crippen LogP contribution >= 0.6 is 0 Å². The number of ether oxygens (including phenoxy) is 1. The second kappa shape index (κ2) is 14.3. The molecule has 14 heteroatoms. The molecule has 5 fully saturated rings. The van der Waals surface area contributed by atoms with E-state index in [4.69, 9.17) is 10.5 Å². The number of morpholine rings is 1. The number of Topliss-reactive ketones (excluding diaryl/α,β-unsaturated/α-hetero) is 1. The molecule has 3 aliphatic carbocycles. The number of nitrogens with one attached hydrogen (secondary N) is 4. The van der Waals surface area contributed by atoms with Crippen molar-refractivity contribution in [2.75, 3.05) is 45.9 Å². The summed E-state index contributed by atoms with van der Waals surface area (Å²) in [6, 6.07) is -2.89. The maximum atomic E-state index is 14.0. The molecule has 4 atom stereocenters. The fourth-order valence-electron chi connectivity index (χ4n) is 9.54. The van der Waals surface area contributed by atoms with Crippen LogP contribution in [0, 0.1) is 27.6 Å². The van der Waals surface area contributed by atoms with Crippen LogP contribution in [0.1, 0.15) is 99.8 Å². The van der Waals surface area contributed by atoms with Gasteiger partial charge in [-0.05, 0) is 61.7 Å². The number of hydrogen-bond donors (Lipinski definition) is 5. The quantitative estimate of drug-likeness (QED) is 0.177. The first kappa shape index (κ1) is 39.0. The topological polar surface area (TPSA) is 192 Å². The highest BCUT2D eigenvalue weighted by Gasteiger charge is 2.85. The van der Waals surface area contributed by atoms with Crippen molar-refractivity contribution in [1.29, 1.82) is 0 Å². The largest absolute Gasteiger partial charge is 0.379 e. The smallest absolute Gasteiger partial charge is 0.315 e. The Morgan fingerprint density at radius 2 is 1.55 bits per heavy atom. The van der Waals surface area contributed by atoms with Gasteiger partial charge in [-0.3, -0.25) is 28.9 Å². The molecule has 2 saturated heterocycles. The summed E-state index contributed by atoms with van der Waals surface area (Å²) < 4.78 is 5.44. The van der Waals surface area contributed by atoms with Gasteiger partial charge in [0.05, 0.1) is 37.4 Å². The molecule has 2 heterocycles. The van der Waals surface area contributed by atoms with Crippen molar-refractivity contribution >= 4 is 35.4 Å². The van der Waals surface area contributed by atoms with Gasteiger partial charge < -0.3 is 36.6 Å². The van der Waals surface area contributed by atoms with E-state index in [2.05, 4.69) is 40.0 Å². The molecule has 2 spiro atoms. The second-order valence-electron chi connectivity index (χ2n) is 17.8. The lowest BCUT2D eigenvalue weighted by atomic mass is 9.73. The summed E-state index contributed by atoms with van der Waals surface area (Å²) in [4.78, 5) is 82.7. The Morgan fingerprint density at radius 1 is 0.902 bits per heavy atom. The number of ketones is 1. The molecule has 0 bridgehead atoms. The van der Waals surface area contributed by atoms with Crippen molar-refractivity contribution in [3.63, 3.8) is 0 Å². The minimum Gasteiger partial charge on any atom is -0.379 e. The first-order valence-electron chi connectivity index (χ1n) is 18.9. The third kappa shape index (κ3) is 7.23. The number of likely N-dealkylation sites (tertiary alicyclic amines) is 1. The molecule has 1 unspecified atom stereocenters. The number of nitrogens with zero attached hydrogens (tertiary/aromatic N) is 2. The lowest BCUT2D eigenvalue weighted by molar-refractivity contribution is -0.141. The van der Waals surface area contributed by atoms with Crippen LogP contribution < -0.4 is 27.0 Å². The van der Waals surface area contributed by atoms with Gasteiger partial charge in [0.15, 0.2) is 0 Å². The number of hydrogen-bond acceptors (Lipinski definition) is 8. The van der Waals surface area contributed by atoms with Crippen LogP contribution in [0.3, 0.4) is 0 Å². The SMILES string of the molecule is CC(C)(C)[C@@H](CNC(=O)C(C)(C)N1CCOCC1)NC(=O)NCC(=O)N1C[C@]2(C[C@H]1C(=O)NC(CC1CCC1)C(=O)C(N)=O)C(C)(C)C21CCC1. The lowest BCUT2D eigenvalue weighted by Crippen LogP contribution is -2.61. The van der Waals surface area contributed by atoms with E-state index < -0.39 is 58.6 Å². The van der Waals surface area contributed by atoms with Crippen LogP contribution in [0.25, 0.3) is 0 Å². The molecule has 286 valence electrons. The molecule has 3 saturated carbocycles. The highest BCUT2D eigenvalue weighted by molar-refractivity contribution is 6.37. The van der Waals surface area contributed by atoms with Crippen molar-refractivity contribution in [3.05, 3.63) is 0 Å². The van der Waals surface area contributed by atoms with Crippen molar-refractivity contribution < 1.29 is 33.5 Å². The fraction of sp³-hybridized carbons (Fsp3) is 0.838. The fourth-order valence-corrected chi connectivity index (χ4v) is 9.54. The Kier molecular flexibility index (Phi) is 10.9. The minimum atomic E-state index is -1.09. The molecular formula is C37H61N7O7. The predicted octanol–water partition coefficient (Wildman–Crippen LogP) is 1.45. The van der Waals surface area contributed by atoms with E-state index in [9.17, 15) is 28.8 Å². The summed E-state index contributed by atoms with van der Waals surface area (Å²) in [6.07, 6.45) is 6.87. The molecule has 2 aliphatic heterocycles. The van der Waals surface area contributed by atoms with Gasteiger partial charge in [0.25, 0.3) is 5.91 Å². The van der Waals surface area contributed by atoms with Crippen LogP contribution in [0.5, 0.6) is 0 Å². The monoisotopic (exact) mass is 715 g/mol.